The van der Waals surface area contributed by atoms with E-state index in [4.69, 9.17) is 5.73 Å². The van der Waals surface area contributed by atoms with Crippen LogP contribution in [0.25, 0.3) is 0 Å². The Bertz CT molecular complexity index is 530. The molecule has 2 rings (SSSR count). The molecule has 0 radical (unpaired) electrons. The van der Waals surface area contributed by atoms with Crippen molar-refractivity contribution in [1.29, 1.82) is 0 Å². The lowest BCUT2D eigenvalue weighted by Crippen LogP contribution is -2.55. The molecule has 1 aliphatic rings. The molecule has 0 aliphatic carbocycles. The van der Waals surface area contributed by atoms with Crippen molar-refractivity contribution < 1.29 is 9.59 Å². The lowest BCUT2D eigenvalue weighted by atomic mass is 10.1. The molecule has 1 aromatic rings. The highest BCUT2D eigenvalue weighted by atomic mass is 16.2. The fourth-order valence-corrected chi connectivity index (χ4v) is 2.51. The molecule has 1 unspecified atom stereocenters. The second-order valence-corrected chi connectivity index (χ2v) is 4.76. The van der Waals surface area contributed by atoms with Gasteiger partial charge in [-0.25, -0.2) is 0 Å². The molecular formula is C14H20N4O2. The minimum absolute atomic E-state index is 0.0218. The zero-order valence-corrected chi connectivity index (χ0v) is 11.8. The fraction of sp³-hybridized carbons (Fsp3) is 0.429. The molecule has 0 aromatic heterocycles. The quantitative estimate of drug-likeness (QED) is 0.695. The smallest absolute Gasteiger partial charge is 0.251 e. The largest absolute Gasteiger partial charge is 0.397 e. The summed E-state index contributed by atoms with van der Waals surface area (Å²) in [6.07, 6.45) is 0.711. The molecule has 1 aromatic carbocycles. The van der Waals surface area contributed by atoms with Crippen LogP contribution < -0.4 is 21.3 Å². The zero-order chi connectivity index (χ0) is 14.7. The Kier molecular flexibility index (Phi) is 4.12. The Morgan fingerprint density at radius 2 is 2.30 bits per heavy atom. The second-order valence-electron chi connectivity index (χ2n) is 4.76. The van der Waals surface area contributed by atoms with Crippen molar-refractivity contribution in [3.05, 3.63) is 23.8 Å². The van der Waals surface area contributed by atoms with Crippen LogP contribution in [0.15, 0.2) is 18.2 Å². The molecule has 6 nitrogen and oxygen atoms in total. The number of hydrogen-bond acceptors (Lipinski definition) is 4. The number of piperazine rings is 1. The van der Waals surface area contributed by atoms with E-state index in [9.17, 15) is 9.59 Å². The van der Waals surface area contributed by atoms with Crippen LogP contribution in [0.5, 0.6) is 0 Å². The third-order valence-electron chi connectivity index (χ3n) is 3.54. The Balaban J connectivity index is 2.32. The van der Waals surface area contributed by atoms with Gasteiger partial charge in [-0.05, 0) is 24.6 Å². The minimum Gasteiger partial charge on any atom is -0.397 e. The average Bonchev–Trinajstić information content (AvgIpc) is 2.46. The molecule has 0 bridgehead atoms. The molecule has 1 aliphatic heterocycles. The number of nitrogen functional groups attached to an aromatic ring is 1. The Labute approximate surface area is 118 Å². The van der Waals surface area contributed by atoms with Crippen molar-refractivity contribution in [2.24, 2.45) is 0 Å². The third kappa shape index (κ3) is 2.54. The van der Waals surface area contributed by atoms with Gasteiger partial charge in [0.05, 0.1) is 11.4 Å². The van der Waals surface area contributed by atoms with E-state index in [0.29, 0.717) is 30.8 Å². The first-order valence-corrected chi connectivity index (χ1v) is 6.74. The van der Waals surface area contributed by atoms with Gasteiger partial charge >= 0.3 is 0 Å². The second kappa shape index (κ2) is 5.81. The van der Waals surface area contributed by atoms with E-state index in [1.165, 1.54) is 0 Å². The van der Waals surface area contributed by atoms with E-state index < -0.39 is 0 Å². The predicted molar refractivity (Wildman–Crippen MR) is 78.7 cm³/mol. The standard InChI is InChI=1S/C14H20N4O2/c1-3-11-14(20)17-6-7-18(11)12-5-4-9(8-10(12)15)13(19)16-2/h4-5,8,11H,3,6-7,15H2,1-2H3,(H,16,19)(H,17,20). The average molecular weight is 276 g/mol. The summed E-state index contributed by atoms with van der Waals surface area (Å²) in [5.41, 5.74) is 7.89. The number of carbonyl (C=O) groups excluding carboxylic acids is 2. The van der Waals surface area contributed by atoms with Gasteiger partial charge < -0.3 is 21.3 Å². The summed E-state index contributed by atoms with van der Waals surface area (Å²) < 4.78 is 0. The molecule has 108 valence electrons. The normalized spacial score (nSPS) is 18.6. The first-order valence-electron chi connectivity index (χ1n) is 6.74. The Morgan fingerprint density at radius 3 is 2.90 bits per heavy atom. The number of amides is 2. The van der Waals surface area contributed by atoms with Crippen LogP contribution in [0.4, 0.5) is 11.4 Å². The summed E-state index contributed by atoms with van der Waals surface area (Å²) in [5.74, 6) is -0.153. The summed E-state index contributed by atoms with van der Waals surface area (Å²) in [6.45, 7) is 3.29. The van der Waals surface area contributed by atoms with E-state index in [-0.39, 0.29) is 17.9 Å². The van der Waals surface area contributed by atoms with Crippen molar-refractivity contribution >= 4 is 23.2 Å². The van der Waals surface area contributed by atoms with Crippen molar-refractivity contribution in [1.82, 2.24) is 10.6 Å². The van der Waals surface area contributed by atoms with E-state index >= 15 is 0 Å². The van der Waals surface area contributed by atoms with Crippen LogP contribution in [0.3, 0.4) is 0 Å². The number of rotatable bonds is 3. The van der Waals surface area contributed by atoms with Crippen molar-refractivity contribution in [3.8, 4) is 0 Å². The maximum atomic E-state index is 11.9. The maximum absolute atomic E-state index is 11.9. The highest BCUT2D eigenvalue weighted by molar-refractivity contribution is 5.96. The van der Waals surface area contributed by atoms with Crippen LogP contribution in [-0.4, -0.2) is 38.0 Å². The Hall–Kier alpha value is -2.24. The van der Waals surface area contributed by atoms with Gasteiger partial charge in [-0.2, -0.15) is 0 Å². The van der Waals surface area contributed by atoms with E-state index in [1.807, 2.05) is 11.8 Å². The highest BCUT2D eigenvalue weighted by Crippen LogP contribution is 2.28. The van der Waals surface area contributed by atoms with Gasteiger partial charge in [0, 0.05) is 25.7 Å². The molecule has 1 atom stereocenters. The van der Waals surface area contributed by atoms with Gasteiger partial charge in [-0.1, -0.05) is 6.92 Å². The molecule has 1 heterocycles. The van der Waals surface area contributed by atoms with E-state index in [0.717, 1.165) is 5.69 Å². The maximum Gasteiger partial charge on any atom is 0.251 e. The fourth-order valence-electron chi connectivity index (χ4n) is 2.51. The van der Waals surface area contributed by atoms with Crippen molar-refractivity contribution in [2.75, 3.05) is 30.8 Å². The summed E-state index contributed by atoms with van der Waals surface area (Å²) in [5, 5.41) is 5.42. The predicted octanol–water partition coefficient (Wildman–Crippen LogP) is 0.343. The minimum atomic E-state index is -0.211. The monoisotopic (exact) mass is 276 g/mol. The zero-order valence-electron chi connectivity index (χ0n) is 11.8. The SMILES string of the molecule is CCC1C(=O)NCCN1c1ccc(C(=O)NC)cc1N. The first kappa shape index (κ1) is 14.2. The van der Waals surface area contributed by atoms with Crippen molar-refractivity contribution in [3.63, 3.8) is 0 Å². The van der Waals surface area contributed by atoms with Gasteiger partial charge in [0.25, 0.3) is 5.91 Å². The van der Waals surface area contributed by atoms with Crippen LogP contribution in [0.1, 0.15) is 23.7 Å². The molecule has 0 spiro atoms. The van der Waals surface area contributed by atoms with Crippen LogP contribution >= 0.6 is 0 Å². The molecule has 4 N–H and O–H groups in total. The number of nitrogens with two attached hydrogens (primary N) is 1. The molecule has 1 saturated heterocycles. The van der Waals surface area contributed by atoms with Crippen LogP contribution in [0, 0.1) is 0 Å². The molecule has 0 saturated carbocycles. The van der Waals surface area contributed by atoms with Gasteiger partial charge in [-0.3, -0.25) is 9.59 Å². The topological polar surface area (TPSA) is 87.5 Å². The first-order chi connectivity index (χ1) is 9.58. The summed E-state index contributed by atoms with van der Waals surface area (Å²) in [4.78, 5) is 25.5. The Morgan fingerprint density at radius 1 is 1.55 bits per heavy atom. The molecule has 20 heavy (non-hydrogen) atoms. The third-order valence-corrected chi connectivity index (χ3v) is 3.54. The van der Waals surface area contributed by atoms with E-state index in [2.05, 4.69) is 10.6 Å². The highest BCUT2D eigenvalue weighted by Gasteiger charge is 2.29. The number of hydrogen-bond donors (Lipinski definition) is 3. The van der Waals surface area contributed by atoms with Gasteiger partial charge in [0.15, 0.2) is 0 Å². The van der Waals surface area contributed by atoms with E-state index in [1.54, 1.807) is 25.2 Å². The number of nitrogens with zero attached hydrogens (tertiary/aromatic N) is 1. The molecular weight excluding hydrogens is 256 g/mol. The lowest BCUT2D eigenvalue weighted by Gasteiger charge is -2.37. The molecule has 2 amide bonds. The van der Waals surface area contributed by atoms with Crippen LogP contribution in [-0.2, 0) is 4.79 Å². The number of nitrogens with one attached hydrogen (secondary N) is 2. The van der Waals surface area contributed by atoms with Crippen LogP contribution in [0.2, 0.25) is 0 Å². The summed E-state index contributed by atoms with van der Waals surface area (Å²) in [6, 6.07) is 4.97. The molecule has 1 fully saturated rings. The lowest BCUT2D eigenvalue weighted by molar-refractivity contribution is -0.123. The van der Waals surface area contributed by atoms with Crippen molar-refractivity contribution in [2.45, 2.75) is 19.4 Å². The number of anilines is 2. The number of benzene rings is 1. The van der Waals surface area contributed by atoms with Gasteiger partial charge in [0.2, 0.25) is 5.91 Å². The van der Waals surface area contributed by atoms with Gasteiger partial charge in [0.1, 0.15) is 6.04 Å². The number of carbonyl (C=O) groups is 2. The summed E-state index contributed by atoms with van der Waals surface area (Å²) in [7, 11) is 1.58. The molecule has 6 heteroatoms. The summed E-state index contributed by atoms with van der Waals surface area (Å²) >= 11 is 0. The van der Waals surface area contributed by atoms with Gasteiger partial charge in [-0.15, -0.1) is 0 Å².